The zero-order chi connectivity index (χ0) is 26.1. The van der Waals surface area contributed by atoms with E-state index in [1.165, 1.54) is 0 Å². The molecule has 0 aliphatic carbocycles. The monoisotopic (exact) mass is 552 g/mol. The van der Waals surface area contributed by atoms with Gasteiger partial charge in [-0.25, -0.2) is 18.5 Å². The van der Waals surface area contributed by atoms with Gasteiger partial charge in [0, 0.05) is 12.7 Å². The average Bonchev–Trinajstić information content (AvgIpc) is 2.91. The zero-order valence-electron chi connectivity index (χ0n) is 17.5. The molecule has 1 fully saturated rings. The van der Waals surface area contributed by atoms with Crippen molar-refractivity contribution in [3.63, 3.8) is 0 Å². The van der Waals surface area contributed by atoms with Crippen molar-refractivity contribution in [2.75, 3.05) is 6.61 Å². The maximum absolute atomic E-state index is 12.2. The molecule has 0 amide bonds. The molecule has 34 heavy (non-hydrogen) atoms. The van der Waals surface area contributed by atoms with Crippen LogP contribution in [0.4, 0.5) is 0 Å². The minimum absolute atomic E-state index is 0.0752. The lowest BCUT2D eigenvalue weighted by Gasteiger charge is -2.19. The Morgan fingerprint density at radius 3 is 2.26 bits per heavy atom. The molecule has 1 aromatic rings. The van der Waals surface area contributed by atoms with E-state index in [2.05, 4.69) is 13.1 Å². The summed E-state index contributed by atoms with van der Waals surface area (Å²) < 4.78 is 51.7. The van der Waals surface area contributed by atoms with Crippen molar-refractivity contribution in [1.82, 2.24) is 9.55 Å². The number of ether oxygens (including phenoxy) is 1. The summed E-state index contributed by atoms with van der Waals surface area (Å²) in [6.45, 7) is 2.58. The van der Waals surface area contributed by atoms with Crippen molar-refractivity contribution in [3.8, 4) is 0 Å². The first-order chi connectivity index (χ1) is 15.4. The molecule has 2 heterocycles. The van der Waals surface area contributed by atoms with E-state index in [0.29, 0.717) is 0 Å². The number of aliphatic hydroxyl groups is 2. The first-order valence-electron chi connectivity index (χ1n) is 9.18. The number of aromatic nitrogens is 2. The Bertz CT molecular complexity index is 1180. The second-order valence-electron chi connectivity index (χ2n) is 7.24. The second-order valence-corrected chi connectivity index (χ2v) is 11.7. The number of H-pyrrole nitrogens is 1. The molecule has 0 aromatic carbocycles. The first-order valence-corrected chi connectivity index (χ1v) is 13.7. The lowest BCUT2D eigenvalue weighted by atomic mass is 10.0. The summed E-state index contributed by atoms with van der Waals surface area (Å²) in [5.74, 6) is 0. The molecule has 0 saturated carbocycles. The molecule has 2 rings (SSSR count). The molecule has 194 valence electrons. The Kier molecular flexibility index (Phi) is 9.16. The molecule has 6 atom stereocenters. The van der Waals surface area contributed by atoms with Gasteiger partial charge in [0.05, 0.1) is 12.2 Å². The van der Waals surface area contributed by atoms with Crippen molar-refractivity contribution in [2.45, 2.75) is 44.8 Å². The molecule has 20 heteroatoms. The smallest absolute Gasteiger partial charge is 0.387 e. The van der Waals surface area contributed by atoms with Crippen molar-refractivity contribution in [2.24, 2.45) is 0 Å². The molecule has 0 bridgehead atoms. The fourth-order valence-corrected chi connectivity index (χ4v) is 5.79. The van der Waals surface area contributed by atoms with Gasteiger partial charge in [-0.3, -0.25) is 18.9 Å². The molecule has 0 spiro atoms. The SMILES string of the molecule is CC(C)=CCn1cc([C@@H]2O[C@H](COP(=O)(O)OP(=O)(O)OP(=O)(O)O)C(O)C2O)c(=O)[nH]c1=O. The van der Waals surface area contributed by atoms with Crippen LogP contribution in [0.25, 0.3) is 0 Å². The van der Waals surface area contributed by atoms with E-state index in [-0.39, 0.29) is 12.1 Å². The number of allylic oxidation sites excluding steroid dienone is 2. The third kappa shape index (κ3) is 8.14. The van der Waals surface area contributed by atoms with Gasteiger partial charge < -0.3 is 34.5 Å². The highest BCUT2D eigenvalue weighted by atomic mass is 31.3. The van der Waals surface area contributed by atoms with Gasteiger partial charge in [0.1, 0.15) is 24.4 Å². The van der Waals surface area contributed by atoms with Gasteiger partial charge in [0.15, 0.2) is 0 Å². The molecule has 1 aromatic heterocycles. The van der Waals surface area contributed by atoms with Crippen molar-refractivity contribution in [1.29, 1.82) is 0 Å². The summed E-state index contributed by atoms with van der Waals surface area (Å²) in [7, 11) is -16.8. The number of hydrogen-bond acceptors (Lipinski definition) is 11. The summed E-state index contributed by atoms with van der Waals surface area (Å²) in [6, 6.07) is 0. The minimum Gasteiger partial charge on any atom is -0.387 e. The van der Waals surface area contributed by atoms with Crippen LogP contribution in [-0.2, 0) is 38.1 Å². The highest BCUT2D eigenvalue weighted by Gasteiger charge is 2.47. The average molecular weight is 552 g/mol. The predicted molar refractivity (Wildman–Crippen MR) is 110 cm³/mol. The lowest BCUT2D eigenvalue weighted by Crippen LogP contribution is -2.36. The number of phosphoric ester groups is 1. The molecule has 4 unspecified atom stereocenters. The number of phosphoric acid groups is 3. The van der Waals surface area contributed by atoms with E-state index in [0.717, 1.165) is 16.3 Å². The number of nitrogens with one attached hydrogen (secondary N) is 1. The number of rotatable bonds is 10. The number of nitrogens with zero attached hydrogens (tertiary/aromatic N) is 1. The van der Waals surface area contributed by atoms with Crippen LogP contribution in [0.2, 0.25) is 0 Å². The molecule has 1 aliphatic heterocycles. The number of hydrogen-bond donors (Lipinski definition) is 7. The van der Waals surface area contributed by atoms with Gasteiger partial charge in [0.2, 0.25) is 0 Å². The molecule has 0 radical (unpaired) electrons. The Morgan fingerprint density at radius 1 is 1.09 bits per heavy atom. The van der Waals surface area contributed by atoms with E-state index in [4.69, 9.17) is 19.4 Å². The van der Waals surface area contributed by atoms with Gasteiger partial charge in [0.25, 0.3) is 5.56 Å². The Balaban J connectivity index is 2.16. The third-order valence-corrected chi connectivity index (χ3v) is 8.02. The molecule has 1 saturated heterocycles. The van der Waals surface area contributed by atoms with Gasteiger partial charge in [-0.15, -0.1) is 0 Å². The van der Waals surface area contributed by atoms with E-state index in [1.807, 2.05) is 4.98 Å². The summed E-state index contributed by atoms with van der Waals surface area (Å²) >= 11 is 0. The van der Waals surface area contributed by atoms with Crippen molar-refractivity contribution < 1.29 is 61.4 Å². The molecular formula is C14H23N2O15P3. The van der Waals surface area contributed by atoms with Crippen LogP contribution in [0.5, 0.6) is 0 Å². The van der Waals surface area contributed by atoms with Gasteiger partial charge in [-0.05, 0) is 13.8 Å². The van der Waals surface area contributed by atoms with E-state index < -0.39 is 65.7 Å². The van der Waals surface area contributed by atoms with E-state index in [1.54, 1.807) is 19.9 Å². The van der Waals surface area contributed by atoms with Crippen LogP contribution in [0.3, 0.4) is 0 Å². The van der Waals surface area contributed by atoms with Crippen LogP contribution in [0.1, 0.15) is 25.5 Å². The van der Waals surface area contributed by atoms with Gasteiger partial charge in [-0.2, -0.15) is 8.62 Å². The number of aromatic amines is 1. The second kappa shape index (κ2) is 10.8. The number of aliphatic hydroxyl groups excluding tert-OH is 2. The first kappa shape index (κ1) is 28.9. The lowest BCUT2D eigenvalue weighted by molar-refractivity contribution is -0.0228. The highest BCUT2D eigenvalue weighted by Crippen LogP contribution is 2.66. The van der Waals surface area contributed by atoms with Crippen LogP contribution < -0.4 is 11.2 Å². The van der Waals surface area contributed by atoms with Crippen LogP contribution >= 0.6 is 23.5 Å². The van der Waals surface area contributed by atoms with Crippen LogP contribution in [0.15, 0.2) is 27.4 Å². The largest absolute Gasteiger partial charge is 0.490 e. The van der Waals surface area contributed by atoms with Gasteiger partial charge >= 0.3 is 29.2 Å². The molecule has 17 nitrogen and oxygen atoms in total. The van der Waals surface area contributed by atoms with Crippen molar-refractivity contribution in [3.05, 3.63) is 44.2 Å². The van der Waals surface area contributed by atoms with Crippen LogP contribution in [0, 0.1) is 0 Å². The maximum atomic E-state index is 12.2. The Hall–Kier alpha value is -1.29. The highest BCUT2D eigenvalue weighted by molar-refractivity contribution is 7.66. The van der Waals surface area contributed by atoms with Crippen molar-refractivity contribution >= 4 is 23.5 Å². The van der Waals surface area contributed by atoms with Crippen LogP contribution in [-0.4, -0.2) is 64.3 Å². The summed E-state index contributed by atoms with van der Waals surface area (Å²) in [6.07, 6.45) is -3.86. The van der Waals surface area contributed by atoms with Gasteiger partial charge in [-0.1, -0.05) is 11.6 Å². The summed E-state index contributed by atoms with van der Waals surface area (Å²) in [5.41, 5.74) is -1.06. The fraction of sp³-hybridized carbons (Fsp3) is 0.571. The minimum atomic E-state index is -5.75. The topological polar surface area (TPSA) is 264 Å². The quantitative estimate of drug-likeness (QED) is 0.136. The fourth-order valence-electron chi connectivity index (χ4n) is 2.76. The standard InChI is InChI=1S/C14H23N2O15P3/c1-7(2)3-4-16-5-8(13(19)15-14(16)20)12-11(18)10(17)9(29-12)6-28-33(24,25)31-34(26,27)30-32(21,22)23/h3,5,9-12,17-18H,4,6H2,1-2H3,(H,24,25)(H,26,27)(H,15,19,20)(H2,21,22,23)/t9-,10?,11?,12+/m1/s1. The molecular weight excluding hydrogens is 529 g/mol. The third-order valence-electron chi connectivity index (χ3n) is 4.22. The van der Waals surface area contributed by atoms with E-state index >= 15 is 0 Å². The Morgan fingerprint density at radius 2 is 1.71 bits per heavy atom. The summed E-state index contributed by atoms with van der Waals surface area (Å²) in [5, 5.41) is 20.5. The normalized spacial score (nSPS) is 26.6. The van der Waals surface area contributed by atoms with E-state index in [9.17, 15) is 38.4 Å². The predicted octanol–water partition coefficient (Wildman–Crippen LogP) is -0.992. The summed E-state index contributed by atoms with van der Waals surface area (Å²) in [4.78, 5) is 61.9. The zero-order valence-corrected chi connectivity index (χ0v) is 20.2. The molecule has 7 N–H and O–H groups in total. The maximum Gasteiger partial charge on any atom is 0.490 e. The Labute approximate surface area is 190 Å². The molecule has 1 aliphatic rings.